The van der Waals surface area contributed by atoms with Crippen LogP contribution in [0.1, 0.15) is 42.9 Å². The van der Waals surface area contributed by atoms with Crippen LogP contribution in [0.15, 0.2) is 72.8 Å². The highest BCUT2D eigenvalue weighted by Gasteiger charge is 2.12. The second-order valence-corrected chi connectivity index (χ2v) is 7.75. The number of nitrogens with zero attached hydrogens (tertiary/aromatic N) is 1. The second-order valence-electron chi connectivity index (χ2n) is 7.75. The molecule has 0 atom stereocenters. The maximum atomic E-state index is 11.9. The maximum absolute atomic E-state index is 11.9. The average Bonchev–Trinajstić information content (AvgIpc) is 2.76. The largest absolute Gasteiger partial charge is 0.466 e. The van der Waals surface area contributed by atoms with Crippen LogP contribution in [0.2, 0.25) is 0 Å². The first-order valence-electron chi connectivity index (χ1n) is 10.7. The predicted octanol–water partition coefficient (Wildman–Crippen LogP) is 7.05. The Morgan fingerprint density at radius 2 is 1.23 bits per heavy atom. The molecule has 0 N–H and O–H groups in total. The number of carbonyl (C=O) groups is 1. The highest BCUT2D eigenvalue weighted by molar-refractivity contribution is 5.76. The summed E-state index contributed by atoms with van der Waals surface area (Å²) in [4.78, 5) is 14.1. The summed E-state index contributed by atoms with van der Waals surface area (Å²) in [6, 6.07) is 25.6. The smallest absolute Gasteiger partial charge is 0.306 e. The van der Waals surface area contributed by atoms with Crippen LogP contribution < -0.4 is 4.90 Å². The van der Waals surface area contributed by atoms with Gasteiger partial charge in [-0.1, -0.05) is 60.9 Å². The quantitative estimate of drug-likeness (QED) is 0.284. The fourth-order valence-electron chi connectivity index (χ4n) is 3.30. The lowest BCUT2D eigenvalue weighted by atomic mass is 10.1. The first-order valence-corrected chi connectivity index (χ1v) is 10.7. The Bertz CT molecular complexity index is 883. The fourth-order valence-corrected chi connectivity index (χ4v) is 3.30. The van der Waals surface area contributed by atoms with E-state index in [1.807, 2.05) is 0 Å². The van der Waals surface area contributed by atoms with Gasteiger partial charge in [-0.3, -0.25) is 4.79 Å². The summed E-state index contributed by atoms with van der Waals surface area (Å²) in [7, 11) is 0. The highest BCUT2D eigenvalue weighted by atomic mass is 16.5. The molecule has 0 saturated heterocycles. The Labute approximate surface area is 180 Å². The van der Waals surface area contributed by atoms with E-state index in [0.29, 0.717) is 19.4 Å². The summed E-state index contributed by atoms with van der Waals surface area (Å²) in [5, 5.41) is 0. The number of carbonyl (C=O) groups excluding carboxylic acids is 1. The molecule has 3 heteroatoms. The van der Waals surface area contributed by atoms with Crippen molar-refractivity contribution in [2.24, 2.45) is 0 Å². The van der Waals surface area contributed by atoms with Gasteiger partial charge >= 0.3 is 5.97 Å². The monoisotopic (exact) mass is 401 g/mol. The van der Waals surface area contributed by atoms with Crippen LogP contribution in [-0.2, 0) is 16.0 Å². The van der Waals surface area contributed by atoms with E-state index >= 15 is 0 Å². The second kappa shape index (κ2) is 10.6. The van der Waals surface area contributed by atoms with Gasteiger partial charge in [0.05, 0.1) is 6.61 Å². The molecule has 0 aliphatic carbocycles. The minimum absolute atomic E-state index is 0.117. The summed E-state index contributed by atoms with van der Waals surface area (Å²) >= 11 is 0. The zero-order chi connectivity index (χ0) is 21.3. The number of esters is 1. The van der Waals surface area contributed by atoms with E-state index in [0.717, 1.165) is 35.5 Å². The molecule has 0 heterocycles. The van der Waals surface area contributed by atoms with Crippen LogP contribution in [0.5, 0.6) is 0 Å². The number of hydrogen-bond donors (Lipinski definition) is 0. The zero-order valence-corrected chi connectivity index (χ0v) is 18.2. The van der Waals surface area contributed by atoms with Crippen molar-refractivity contribution in [2.75, 3.05) is 11.5 Å². The summed E-state index contributed by atoms with van der Waals surface area (Å²) in [6.45, 7) is 6.81. The molecule has 0 spiro atoms. The van der Waals surface area contributed by atoms with E-state index in [2.05, 4.69) is 98.5 Å². The summed E-state index contributed by atoms with van der Waals surface area (Å²) in [5.41, 5.74) is 6.96. The number of aryl methyl sites for hydroxylation is 3. The molecule has 0 amide bonds. The Balaban J connectivity index is 1.76. The van der Waals surface area contributed by atoms with Gasteiger partial charge in [-0.25, -0.2) is 0 Å². The van der Waals surface area contributed by atoms with Crippen LogP contribution in [0.25, 0.3) is 0 Å². The van der Waals surface area contributed by atoms with Gasteiger partial charge in [0.15, 0.2) is 0 Å². The molecule has 0 radical (unpaired) electrons. The van der Waals surface area contributed by atoms with Crippen molar-refractivity contribution in [3.8, 4) is 0 Å². The van der Waals surface area contributed by atoms with Gasteiger partial charge in [0.25, 0.3) is 0 Å². The molecule has 3 aromatic rings. The van der Waals surface area contributed by atoms with Crippen molar-refractivity contribution in [2.45, 2.75) is 46.5 Å². The number of benzene rings is 3. The van der Waals surface area contributed by atoms with Gasteiger partial charge in [0, 0.05) is 23.5 Å². The van der Waals surface area contributed by atoms with Gasteiger partial charge in [0.2, 0.25) is 0 Å². The van der Waals surface area contributed by atoms with E-state index in [-0.39, 0.29) is 5.97 Å². The lowest BCUT2D eigenvalue weighted by Crippen LogP contribution is -2.10. The molecule has 0 saturated carbocycles. The molecule has 0 aliphatic rings. The Morgan fingerprint density at radius 1 is 0.767 bits per heavy atom. The molecule has 0 aromatic heterocycles. The molecule has 156 valence electrons. The van der Waals surface area contributed by atoms with Gasteiger partial charge in [-0.2, -0.15) is 0 Å². The molecular formula is C27H31NO2. The van der Waals surface area contributed by atoms with Crippen molar-refractivity contribution < 1.29 is 9.53 Å². The Kier molecular flexibility index (Phi) is 7.67. The molecule has 30 heavy (non-hydrogen) atoms. The Hall–Kier alpha value is -3.07. The summed E-state index contributed by atoms with van der Waals surface area (Å²) in [5.74, 6) is -0.117. The van der Waals surface area contributed by atoms with E-state index in [1.165, 1.54) is 11.1 Å². The SMILES string of the molecule is CCCCOC(=O)CCc1ccc(N(c2ccc(C)cc2)c2ccc(C)cc2)cc1. The van der Waals surface area contributed by atoms with Crippen LogP contribution in [0, 0.1) is 13.8 Å². The van der Waals surface area contributed by atoms with Crippen molar-refractivity contribution in [1.82, 2.24) is 0 Å². The third-order valence-corrected chi connectivity index (χ3v) is 5.16. The lowest BCUT2D eigenvalue weighted by molar-refractivity contribution is -0.143. The molecule has 3 rings (SSSR count). The summed E-state index contributed by atoms with van der Waals surface area (Å²) < 4.78 is 5.25. The third kappa shape index (κ3) is 5.96. The number of anilines is 3. The standard InChI is InChI=1S/C27H31NO2/c1-4-5-20-30-27(29)19-12-23-10-17-26(18-11-23)28(24-13-6-21(2)7-14-24)25-15-8-22(3)9-16-25/h6-11,13-18H,4-5,12,19-20H2,1-3H3. The third-order valence-electron chi connectivity index (χ3n) is 5.16. The van der Waals surface area contributed by atoms with Crippen molar-refractivity contribution in [1.29, 1.82) is 0 Å². The molecular weight excluding hydrogens is 370 g/mol. The minimum Gasteiger partial charge on any atom is -0.466 e. The molecule has 3 nitrogen and oxygen atoms in total. The molecule has 0 fully saturated rings. The number of ether oxygens (including phenoxy) is 1. The first kappa shape index (κ1) is 21.6. The van der Waals surface area contributed by atoms with Crippen molar-refractivity contribution in [3.05, 3.63) is 89.5 Å². The van der Waals surface area contributed by atoms with Crippen LogP contribution >= 0.6 is 0 Å². The zero-order valence-electron chi connectivity index (χ0n) is 18.2. The predicted molar refractivity (Wildman–Crippen MR) is 125 cm³/mol. The first-order chi connectivity index (χ1) is 14.6. The summed E-state index contributed by atoms with van der Waals surface area (Å²) in [6.07, 6.45) is 3.07. The molecule has 0 unspecified atom stereocenters. The van der Waals surface area contributed by atoms with Gasteiger partial charge in [-0.05, 0) is 68.7 Å². The number of hydrogen-bond acceptors (Lipinski definition) is 3. The lowest BCUT2D eigenvalue weighted by Gasteiger charge is -2.26. The normalized spacial score (nSPS) is 10.6. The molecule has 0 aliphatic heterocycles. The van der Waals surface area contributed by atoms with E-state index in [9.17, 15) is 4.79 Å². The number of rotatable bonds is 9. The van der Waals surface area contributed by atoms with Crippen LogP contribution in [-0.4, -0.2) is 12.6 Å². The van der Waals surface area contributed by atoms with Gasteiger partial charge in [0.1, 0.15) is 0 Å². The topological polar surface area (TPSA) is 29.5 Å². The van der Waals surface area contributed by atoms with Gasteiger partial charge < -0.3 is 9.64 Å². The van der Waals surface area contributed by atoms with Crippen LogP contribution in [0.3, 0.4) is 0 Å². The van der Waals surface area contributed by atoms with Crippen LogP contribution in [0.4, 0.5) is 17.1 Å². The van der Waals surface area contributed by atoms with Crippen molar-refractivity contribution >= 4 is 23.0 Å². The number of unbranched alkanes of at least 4 members (excludes halogenated alkanes) is 1. The average molecular weight is 402 g/mol. The van der Waals surface area contributed by atoms with Gasteiger partial charge in [-0.15, -0.1) is 0 Å². The minimum atomic E-state index is -0.117. The molecule has 0 bridgehead atoms. The van der Waals surface area contributed by atoms with Crippen molar-refractivity contribution in [3.63, 3.8) is 0 Å². The van der Waals surface area contributed by atoms with E-state index in [4.69, 9.17) is 4.74 Å². The van der Waals surface area contributed by atoms with E-state index in [1.54, 1.807) is 0 Å². The maximum Gasteiger partial charge on any atom is 0.306 e. The fraction of sp³-hybridized carbons (Fsp3) is 0.296. The highest BCUT2D eigenvalue weighted by Crippen LogP contribution is 2.34. The molecule has 3 aromatic carbocycles. The Morgan fingerprint density at radius 3 is 1.70 bits per heavy atom. The van der Waals surface area contributed by atoms with E-state index < -0.39 is 0 Å².